The number of anilines is 1. The fourth-order valence-corrected chi connectivity index (χ4v) is 3.99. The fraction of sp³-hybridized carbons (Fsp3) is 0.227. The van der Waals surface area contributed by atoms with E-state index >= 15 is 0 Å². The number of sulfonamides is 1. The molecule has 0 radical (unpaired) electrons. The molecule has 9 heteroatoms. The van der Waals surface area contributed by atoms with E-state index in [-0.39, 0.29) is 17.3 Å². The van der Waals surface area contributed by atoms with Crippen LogP contribution in [0.25, 0.3) is 0 Å². The number of nitrogens with one attached hydrogen (secondary N) is 2. The molecule has 3 rings (SSSR count). The Morgan fingerprint density at radius 1 is 1.13 bits per heavy atom. The van der Waals surface area contributed by atoms with Gasteiger partial charge in [0.2, 0.25) is 10.0 Å². The summed E-state index contributed by atoms with van der Waals surface area (Å²) in [6.45, 7) is 4.59. The van der Waals surface area contributed by atoms with E-state index in [2.05, 4.69) is 26.0 Å². The highest BCUT2D eigenvalue weighted by Crippen LogP contribution is 2.25. The number of amides is 1. The summed E-state index contributed by atoms with van der Waals surface area (Å²) in [6, 6.07) is 14.5. The lowest BCUT2D eigenvalue weighted by molar-refractivity contribution is 0.102. The third kappa shape index (κ3) is 6.43. The van der Waals surface area contributed by atoms with Crippen LogP contribution in [-0.4, -0.2) is 20.9 Å². The Hall–Kier alpha value is -2.62. The van der Waals surface area contributed by atoms with Gasteiger partial charge in [0.25, 0.3) is 5.91 Å². The van der Waals surface area contributed by atoms with Crippen molar-refractivity contribution in [3.8, 4) is 5.75 Å². The van der Waals surface area contributed by atoms with Crippen LogP contribution in [0.1, 0.15) is 30.0 Å². The molecule has 0 aliphatic heterocycles. The summed E-state index contributed by atoms with van der Waals surface area (Å²) in [5, 5.41) is 2.78. The minimum absolute atomic E-state index is 0.0514. The fourth-order valence-electron chi connectivity index (χ4n) is 2.64. The van der Waals surface area contributed by atoms with Crippen LogP contribution in [0.4, 0.5) is 5.69 Å². The van der Waals surface area contributed by atoms with Crippen LogP contribution in [0.2, 0.25) is 0 Å². The van der Waals surface area contributed by atoms with Crippen molar-refractivity contribution in [1.29, 1.82) is 0 Å². The van der Waals surface area contributed by atoms with Gasteiger partial charge in [-0.2, -0.15) is 0 Å². The molecule has 0 unspecified atom stereocenters. The van der Waals surface area contributed by atoms with Gasteiger partial charge < -0.3 is 14.5 Å². The maximum atomic E-state index is 12.8. The van der Waals surface area contributed by atoms with Crippen LogP contribution in [-0.2, 0) is 16.6 Å². The van der Waals surface area contributed by atoms with Gasteiger partial charge in [-0.25, -0.2) is 13.1 Å². The van der Waals surface area contributed by atoms with Crippen molar-refractivity contribution in [3.05, 3.63) is 76.7 Å². The van der Waals surface area contributed by atoms with Gasteiger partial charge in [-0.05, 0) is 60.5 Å². The number of ether oxygens (including phenoxy) is 1. The normalized spacial score (nSPS) is 11.5. The van der Waals surface area contributed by atoms with Crippen LogP contribution in [0.15, 0.2) is 74.6 Å². The van der Waals surface area contributed by atoms with Gasteiger partial charge in [-0.3, -0.25) is 4.79 Å². The van der Waals surface area contributed by atoms with E-state index in [0.717, 1.165) is 4.47 Å². The van der Waals surface area contributed by atoms with E-state index in [9.17, 15) is 13.2 Å². The van der Waals surface area contributed by atoms with E-state index in [4.69, 9.17) is 9.15 Å². The first-order valence-corrected chi connectivity index (χ1v) is 11.9. The molecule has 1 heterocycles. The van der Waals surface area contributed by atoms with Gasteiger partial charge in [0.1, 0.15) is 11.5 Å². The average molecular weight is 507 g/mol. The molecular formula is C22H23BrN2O5S. The standard InChI is InChI=1S/C22H23BrN2O5S/c1-15(2)14-30-21-10-5-16(23)12-20(21)22(26)25-17-6-8-19(9-7-17)31(27,28)24-13-18-4-3-11-29-18/h3-12,15,24H,13-14H2,1-2H3,(H,25,26). The van der Waals surface area contributed by atoms with Crippen LogP contribution in [0.3, 0.4) is 0 Å². The topological polar surface area (TPSA) is 97.6 Å². The number of hydrogen-bond acceptors (Lipinski definition) is 5. The molecule has 0 aliphatic rings. The van der Waals surface area contributed by atoms with Crippen LogP contribution in [0, 0.1) is 5.92 Å². The third-order valence-electron chi connectivity index (χ3n) is 4.20. The molecule has 0 saturated heterocycles. The second-order valence-electron chi connectivity index (χ2n) is 7.23. The molecule has 1 aromatic heterocycles. The zero-order valence-electron chi connectivity index (χ0n) is 17.1. The predicted molar refractivity (Wildman–Crippen MR) is 122 cm³/mol. The van der Waals surface area contributed by atoms with Crippen molar-refractivity contribution in [2.75, 3.05) is 11.9 Å². The largest absolute Gasteiger partial charge is 0.492 e. The van der Waals surface area contributed by atoms with Crippen LogP contribution < -0.4 is 14.8 Å². The molecule has 0 spiro atoms. The zero-order chi connectivity index (χ0) is 22.4. The van der Waals surface area contributed by atoms with Gasteiger partial charge in [-0.1, -0.05) is 29.8 Å². The summed E-state index contributed by atoms with van der Waals surface area (Å²) < 4.78 is 39.0. The first-order chi connectivity index (χ1) is 14.7. The smallest absolute Gasteiger partial charge is 0.259 e. The summed E-state index contributed by atoms with van der Waals surface area (Å²) in [4.78, 5) is 12.9. The van der Waals surface area contributed by atoms with Gasteiger partial charge in [0, 0.05) is 10.2 Å². The van der Waals surface area contributed by atoms with Crippen molar-refractivity contribution in [2.45, 2.75) is 25.3 Å². The molecule has 164 valence electrons. The van der Waals surface area contributed by atoms with Gasteiger partial charge in [0.05, 0.1) is 29.9 Å². The molecule has 0 aliphatic carbocycles. The molecule has 0 bridgehead atoms. The summed E-state index contributed by atoms with van der Waals surface area (Å²) >= 11 is 3.37. The lowest BCUT2D eigenvalue weighted by Crippen LogP contribution is -2.23. The van der Waals surface area contributed by atoms with E-state index in [1.54, 1.807) is 24.3 Å². The Labute approximate surface area is 190 Å². The Bertz CT molecular complexity index is 1130. The number of benzene rings is 2. The number of hydrogen-bond donors (Lipinski definition) is 2. The highest BCUT2D eigenvalue weighted by molar-refractivity contribution is 9.10. The maximum Gasteiger partial charge on any atom is 0.259 e. The summed E-state index contributed by atoms with van der Waals surface area (Å²) in [7, 11) is -3.71. The maximum absolute atomic E-state index is 12.8. The molecule has 2 N–H and O–H groups in total. The van der Waals surface area contributed by atoms with Crippen molar-refractivity contribution in [3.63, 3.8) is 0 Å². The van der Waals surface area contributed by atoms with Gasteiger partial charge >= 0.3 is 0 Å². The van der Waals surface area contributed by atoms with E-state index in [0.29, 0.717) is 35.3 Å². The zero-order valence-corrected chi connectivity index (χ0v) is 19.5. The van der Waals surface area contributed by atoms with Gasteiger partial charge in [0.15, 0.2) is 0 Å². The number of carbonyl (C=O) groups excluding carboxylic acids is 1. The highest BCUT2D eigenvalue weighted by atomic mass is 79.9. The predicted octanol–water partition coefficient (Wildman–Crippen LogP) is 4.81. The first-order valence-electron chi connectivity index (χ1n) is 9.60. The van der Waals surface area contributed by atoms with E-state index in [1.807, 2.05) is 19.9 Å². The third-order valence-corrected chi connectivity index (χ3v) is 6.11. The Morgan fingerprint density at radius 3 is 2.52 bits per heavy atom. The lowest BCUT2D eigenvalue weighted by atomic mass is 10.1. The van der Waals surface area contributed by atoms with Crippen LogP contribution in [0.5, 0.6) is 5.75 Å². The number of rotatable bonds is 9. The highest BCUT2D eigenvalue weighted by Gasteiger charge is 2.17. The van der Waals surface area contributed by atoms with E-state index < -0.39 is 10.0 Å². The quantitative estimate of drug-likeness (QED) is 0.434. The minimum atomic E-state index is -3.71. The van der Waals surface area contributed by atoms with E-state index in [1.165, 1.54) is 30.5 Å². The minimum Gasteiger partial charge on any atom is -0.492 e. The SMILES string of the molecule is CC(C)COc1ccc(Br)cc1C(=O)Nc1ccc(S(=O)(=O)NCc2ccco2)cc1. The Balaban J connectivity index is 1.69. The summed E-state index contributed by atoms with van der Waals surface area (Å²) in [5.41, 5.74) is 0.844. The molecule has 7 nitrogen and oxygen atoms in total. The molecule has 31 heavy (non-hydrogen) atoms. The molecular weight excluding hydrogens is 484 g/mol. The molecule has 2 aromatic carbocycles. The lowest BCUT2D eigenvalue weighted by Gasteiger charge is -2.14. The molecule has 3 aromatic rings. The summed E-state index contributed by atoms with van der Waals surface area (Å²) in [6.07, 6.45) is 1.48. The molecule has 0 saturated carbocycles. The number of carbonyl (C=O) groups is 1. The van der Waals surface area contributed by atoms with Crippen molar-refractivity contribution >= 4 is 37.5 Å². The number of halogens is 1. The Morgan fingerprint density at radius 2 is 1.87 bits per heavy atom. The number of furan rings is 1. The van der Waals surface area contributed by atoms with Crippen molar-refractivity contribution in [2.24, 2.45) is 5.92 Å². The monoisotopic (exact) mass is 506 g/mol. The Kier molecular flexibility index (Phi) is 7.53. The molecule has 0 fully saturated rings. The molecule has 0 atom stereocenters. The van der Waals surface area contributed by atoms with Crippen LogP contribution >= 0.6 is 15.9 Å². The second-order valence-corrected chi connectivity index (χ2v) is 9.91. The van der Waals surface area contributed by atoms with Gasteiger partial charge in [-0.15, -0.1) is 0 Å². The van der Waals surface area contributed by atoms with Crippen molar-refractivity contribution in [1.82, 2.24) is 4.72 Å². The first kappa shape index (κ1) is 23.1. The molecule has 1 amide bonds. The van der Waals surface area contributed by atoms with Crippen molar-refractivity contribution < 1.29 is 22.4 Å². The summed E-state index contributed by atoms with van der Waals surface area (Å²) in [5.74, 6) is 0.953. The average Bonchev–Trinajstić information content (AvgIpc) is 3.25. The second kappa shape index (κ2) is 10.1.